The van der Waals surface area contributed by atoms with Crippen LogP contribution in [-0.2, 0) is 0 Å². The lowest BCUT2D eigenvalue weighted by molar-refractivity contribution is 0.121. The number of rotatable bonds is 5. The van der Waals surface area contributed by atoms with Gasteiger partial charge in [-0.15, -0.1) is 6.58 Å². The second kappa shape index (κ2) is 5.51. The van der Waals surface area contributed by atoms with Crippen molar-refractivity contribution >= 4 is 10.2 Å². The summed E-state index contributed by atoms with van der Waals surface area (Å²) in [5, 5.41) is 0. The lowest BCUT2D eigenvalue weighted by Gasteiger charge is -2.31. The molecule has 1 atom stereocenters. The second-order valence-electron chi connectivity index (χ2n) is 3.86. The van der Waals surface area contributed by atoms with Crippen molar-refractivity contribution in [2.24, 2.45) is 0 Å². The van der Waals surface area contributed by atoms with E-state index in [4.69, 9.17) is 0 Å². The molecule has 0 saturated heterocycles. The van der Waals surface area contributed by atoms with Crippen LogP contribution in [-0.4, -0.2) is 54.4 Å². The van der Waals surface area contributed by atoms with E-state index in [1.807, 2.05) is 0 Å². The van der Waals surface area contributed by atoms with Crippen LogP contribution in [0.5, 0.6) is 0 Å². The van der Waals surface area contributed by atoms with Crippen molar-refractivity contribution in [3.63, 3.8) is 0 Å². The van der Waals surface area contributed by atoms with E-state index in [-0.39, 0.29) is 0 Å². The molecule has 0 aromatic heterocycles. The molecule has 0 amide bonds. The minimum Gasteiger partial charge on any atom is -0.294 e. The molecule has 0 bridgehead atoms. The Kier molecular flexibility index (Phi) is 5.45. The predicted octanol–water partition coefficient (Wildman–Crippen LogP) is 0.166. The van der Waals surface area contributed by atoms with Gasteiger partial charge >= 0.3 is 0 Å². The molecule has 72 valence electrons. The Morgan fingerprint density at radius 3 is 1.92 bits per heavy atom. The molecule has 0 spiro atoms. The Hall–Kier alpha value is -0.123. The van der Waals surface area contributed by atoms with Gasteiger partial charge in [0.2, 0.25) is 0 Å². The number of hydrogen-bond acceptors (Lipinski definition) is 2. The Bertz CT molecular complexity index is 126. The average Bonchev–Trinajstić information content (AvgIpc) is 1.98. The van der Waals surface area contributed by atoms with Gasteiger partial charge in [-0.05, 0) is 40.2 Å². The summed E-state index contributed by atoms with van der Waals surface area (Å²) < 4.78 is 0. The highest BCUT2D eigenvalue weighted by atomic mass is 28.1. The highest BCUT2D eigenvalue weighted by Crippen LogP contribution is 2.14. The highest BCUT2D eigenvalue weighted by Gasteiger charge is 2.15. The quantitative estimate of drug-likeness (QED) is 0.343. The topological polar surface area (TPSA) is 6.48 Å². The first kappa shape index (κ1) is 11.9. The summed E-state index contributed by atoms with van der Waals surface area (Å²) in [5.41, 5.74) is 0.722. The maximum absolute atomic E-state index is 3.83. The average molecular weight is 186 g/mol. The molecular formula is C9H22N2Si. The molecule has 0 aliphatic carbocycles. The Morgan fingerprint density at radius 2 is 1.67 bits per heavy atom. The van der Waals surface area contributed by atoms with Crippen molar-refractivity contribution in [1.29, 1.82) is 0 Å². The van der Waals surface area contributed by atoms with E-state index in [1.54, 1.807) is 0 Å². The zero-order valence-electron chi connectivity index (χ0n) is 9.04. The van der Waals surface area contributed by atoms with E-state index >= 15 is 0 Å². The van der Waals surface area contributed by atoms with Crippen LogP contribution in [0, 0.1) is 0 Å². The van der Waals surface area contributed by atoms with Gasteiger partial charge in [0.25, 0.3) is 0 Å². The van der Waals surface area contributed by atoms with Crippen molar-refractivity contribution in [3.05, 3.63) is 12.7 Å². The molecule has 12 heavy (non-hydrogen) atoms. The fourth-order valence-corrected chi connectivity index (χ4v) is 1.73. The van der Waals surface area contributed by atoms with Crippen LogP contribution in [0.2, 0.25) is 5.54 Å². The molecule has 3 heteroatoms. The third-order valence-electron chi connectivity index (χ3n) is 2.18. The third kappa shape index (κ3) is 4.04. The van der Waals surface area contributed by atoms with E-state index in [0.29, 0.717) is 6.17 Å². The molecule has 0 heterocycles. The molecule has 0 fully saturated rings. The SMILES string of the molecule is C=CC([SiH3])CC(N(C)C)N(C)C. The molecular weight excluding hydrogens is 164 g/mol. The molecule has 2 nitrogen and oxygen atoms in total. The first-order chi connectivity index (χ1) is 5.49. The predicted molar refractivity (Wildman–Crippen MR) is 59.7 cm³/mol. The van der Waals surface area contributed by atoms with Crippen LogP contribution in [0.1, 0.15) is 6.42 Å². The van der Waals surface area contributed by atoms with Gasteiger partial charge in [0.05, 0.1) is 6.17 Å². The highest BCUT2D eigenvalue weighted by molar-refractivity contribution is 6.12. The lowest BCUT2D eigenvalue weighted by Crippen LogP contribution is -2.41. The molecule has 0 aromatic rings. The molecule has 0 aromatic carbocycles. The number of nitrogens with zero attached hydrogens (tertiary/aromatic N) is 2. The summed E-state index contributed by atoms with van der Waals surface area (Å²) in [5.74, 6) is 0. The number of allylic oxidation sites excluding steroid dienone is 1. The fourth-order valence-electron chi connectivity index (χ4n) is 1.31. The normalized spacial score (nSPS) is 14.6. The largest absolute Gasteiger partial charge is 0.294 e. The van der Waals surface area contributed by atoms with Gasteiger partial charge in [-0.3, -0.25) is 9.80 Å². The van der Waals surface area contributed by atoms with Crippen LogP contribution >= 0.6 is 0 Å². The molecule has 0 rings (SSSR count). The summed E-state index contributed by atoms with van der Waals surface area (Å²) in [6.07, 6.45) is 3.83. The molecule has 1 unspecified atom stereocenters. The maximum Gasteiger partial charge on any atom is 0.0614 e. The van der Waals surface area contributed by atoms with Crippen LogP contribution in [0.3, 0.4) is 0 Å². The fraction of sp³-hybridized carbons (Fsp3) is 0.778. The van der Waals surface area contributed by atoms with Crippen molar-refractivity contribution < 1.29 is 0 Å². The lowest BCUT2D eigenvalue weighted by atomic mass is 10.2. The minimum atomic E-state index is 0.547. The van der Waals surface area contributed by atoms with Crippen molar-refractivity contribution in [1.82, 2.24) is 9.80 Å². The van der Waals surface area contributed by atoms with E-state index in [2.05, 4.69) is 50.6 Å². The number of hydrogen-bond donors (Lipinski definition) is 0. The van der Waals surface area contributed by atoms with Gasteiger partial charge in [-0.2, -0.15) is 0 Å². The molecule has 0 aliphatic heterocycles. The summed E-state index contributed by atoms with van der Waals surface area (Å²) >= 11 is 0. The van der Waals surface area contributed by atoms with Gasteiger partial charge < -0.3 is 0 Å². The van der Waals surface area contributed by atoms with Crippen molar-refractivity contribution in [2.75, 3.05) is 28.2 Å². The third-order valence-corrected chi connectivity index (χ3v) is 3.12. The summed E-state index contributed by atoms with van der Waals surface area (Å²) in [7, 11) is 9.72. The van der Waals surface area contributed by atoms with E-state index in [1.165, 1.54) is 16.7 Å². The van der Waals surface area contributed by atoms with Crippen LogP contribution < -0.4 is 0 Å². The van der Waals surface area contributed by atoms with Gasteiger partial charge in [0.15, 0.2) is 0 Å². The van der Waals surface area contributed by atoms with Gasteiger partial charge in [0, 0.05) is 10.2 Å². The Balaban J connectivity index is 4.04. The molecule has 0 aliphatic rings. The first-order valence-electron chi connectivity index (χ1n) is 4.44. The van der Waals surface area contributed by atoms with E-state index in [9.17, 15) is 0 Å². The molecule has 0 saturated carbocycles. The Morgan fingerprint density at radius 1 is 1.25 bits per heavy atom. The van der Waals surface area contributed by atoms with Gasteiger partial charge in [0.1, 0.15) is 0 Å². The zero-order chi connectivity index (χ0) is 9.72. The molecule has 0 radical (unpaired) electrons. The van der Waals surface area contributed by atoms with Gasteiger partial charge in [-0.1, -0.05) is 6.08 Å². The second-order valence-corrected chi connectivity index (χ2v) is 5.34. The van der Waals surface area contributed by atoms with Crippen LogP contribution in [0.15, 0.2) is 12.7 Å². The maximum atomic E-state index is 3.83. The first-order valence-corrected chi connectivity index (χ1v) is 5.60. The monoisotopic (exact) mass is 186 g/mol. The smallest absolute Gasteiger partial charge is 0.0614 e. The minimum absolute atomic E-state index is 0.547. The molecule has 0 N–H and O–H groups in total. The summed E-state index contributed by atoms with van der Waals surface area (Å²) in [6, 6.07) is 0. The van der Waals surface area contributed by atoms with E-state index in [0.717, 1.165) is 5.54 Å². The zero-order valence-corrected chi connectivity index (χ0v) is 11.0. The summed E-state index contributed by atoms with van der Waals surface area (Å²) in [6.45, 7) is 3.83. The van der Waals surface area contributed by atoms with Crippen LogP contribution in [0.4, 0.5) is 0 Å². The van der Waals surface area contributed by atoms with Crippen molar-refractivity contribution in [3.8, 4) is 0 Å². The van der Waals surface area contributed by atoms with E-state index < -0.39 is 0 Å². The van der Waals surface area contributed by atoms with Crippen molar-refractivity contribution in [2.45, 2.75) is 18.1 Å². The Labute approximate surface area is 79.7 Å². The summed E-state index contributed by atoms with van der Waals surface area (Å²) in [4.78, 5) is 4.52. The van der Waals surface area contributed by atoms with Gasteiger partial charge in [-0.25, -0.2) is 0 Å². The van der Waals surface area contributed by atoms with Crippen LogP contribution in [0.25, 0.3) is 0 Å². The standard InChI is InChI=1S/C9H22N2Si/c1-6-8(12)7-9(10(2)3)11(4)5/h6,8-9H,1,7H2,2-5,12H3.